The van der Waals surface area contributed by atoms with Gasteiger partial charge in [0.1, 0.15) is 0 Å². The molecular weight excluding hydrogens is 344 g/mol. The molecule has 0 fully saturated rings. The summed E-state index contributed by atoms with van der Waals surface area (Å²) < 4.78 is 12.4. The molecule has 0 spiro atoms. The first-order valence-corrected chi connectivity index (χ1v) is 8.26. The molecule has 1 N–H and O–H groups in total. The fourth-order valence-corrected chi connectivity index (χ4v) is 2.42. The molecular formula is C20H18N4O3. The monoisotopic (exact) mass is 362 g/mol. The Morgan fingerprint density at radius 2 is 2.04 bits per heavy atom. The van der Waals surface area contributed by atoms with Gasteiger partial charge in [0.2, 0.25) is 0 Å². The van der Waals surface area contributed by atoms with Crippen LogP contribution in [0.4, 0.5) is 0 Å². The van der Waals surface area contributed by atoms with Crippen LogP contribution in [0.2, 0.25) is 0 Å². The van der Waals surface area contributed by atoms with Gasteiger partial charge in [0.05, 0.1) is 30.6 Å². The van der Waals surface area contributed by atoms with E-state index in [1.807, 2.05) is 42.6 Å². The van der Waals surface area contributed by atoms with E-state index in [9.17, 15) is 4.79 Å². The van der Waals surface area contributed by atoms with Crippen molar-refractivity contribution in [3.05, 3.63) is 72.1 Å². The minimum absolute atomic E-state index is 0.158. The maximum atomic E-state index is 12.0. The fourth-order valence-electron chi connectivity index (χ4n) is 2.42. The van der Waals surface area contributed by atoms with E-state index in [2.05, 4.69) is 10.4 Å². The average Bonchev–Trinajstić information content (AvgIpc) is 3.20. The standard InChI is InChI=1S/C20H18N4O3/c1-26-19-9-15(10-21)7-8-18(19)27-14-20(25)22-11-16-12-23-24(13-16)17-5-3-2-4-6-17/h2-9,12-13H,11,14H2,1H3,(H,22,25). The molecule has 0 atom stereocenters. The lowest BCUT2D eigenvalue weighted by atomic mass is 10.2. The van der Waals surface area contributed by atoms with E-state index in [1.165, 1.54) is 7.11 Å². The molecule has 3 aromatic rings. The molecule has 2 aromatic carbocycles. The van der Waals surface area contributed by atoms with Crippen LogP contribution in [0.1, 0.15) is 11.1 Å². The van der Waals surface area contributed by atoms with Gasteiger partial charge in [0.15, 0.2) is 18.1 Å². The number of ether oxygens (including phenoxy) is 2. The summed E-state index contributed by atoms with van der Waals surface area (Å²) in [5, 5.41) is 16.0. The van der Waals surface area contributed by atoms with Crippen molar-refractivity contribution in [2.45, 2.75) is 6.54 Å². The van der Waals surface area contributed by atoms with Crippen molar-refractivity contribution in [1.29, 1.82) is 5.26 Å². The smallest absolute Gasteiger partial charge is 0.258 e. The molecule has 1 aromatic heterocycles. The lowest BCUT2D eigenvalue weighted by Crippen LogP contribution is -2.28. The largest absolute Gasteiger partial charge is 0.493 e. The van der Waals surface area contributed by atoms with Gasteiger partial charge < -0.3 is 14.8 Å². The molecule has 1 heterocycles. The SMILES string of the molecule is COc1cc(C#N)ccc1OCC(=O)NCc1cnn(-c2ccccc2)c1. The second-order valence-electron chi connectivity index (χ2n) is 5.67. The first-order valence-electron chi connectivity index (χ1n) is 8.26. The number of benzene rings is 2. The molecule has 0 aliphatic heterocycles. The number of nitriles is 1. The zero-order valence-corrected chi connectivity index (χ0v) is 14.8. The van der Waals surface area contributed by atoms with Gasteiger partial charge in [-0.2, -0.15) is 10.4 Å². The third kappa shape index (κ3) is 4.64. The van der Waals surface area contributed by atoms with Gasteiger partial charge in [-0.1, -0.05) is 18.2 Å². The van der Waals surface area contributed by atoms with Crippen LogP contribution in [0.15, 0.2) is 60.9 Å². The number of nitrogens with zero attached hydrogens (tertiary/aromatic N) is 3. The van der Waals surface area contributed by atoms with Gasteiger partial charge in [-0.3, -0.25) is 4.79 Å². The molecule has 0 saturated carbocycles. The Labute approximate surface area is 156 Å². The van der Waals surface area contributed by atoms with Crippen molar-refractivity contribution >= 4 is 5.91 Å². The average molecular weight is 362 g/mol. The van der Waals surface area contributed by atoms with Crippen molar-refractivity contribution in [2.24, 2.45) is 0 Å². The van der Waals surface area contributed by atoms with Gasteiger partial charge >= 0.3 is 0 Å². The molecule has 1 amide bonds. The third-order valence-corrected chi connectivity index (χ3v) is 3.80. The minimum atomic E-state index is -0.270. The van der Waals surface area contributed by atoms with Gasteiger partial charge in [-0.25, -0.2) is 4.68 Å². The molecule has 27 heavy (non-hydrogen) atoms. The molecule has 0 aliphatic carbocycles. The highest BCUT2D eigenvalue weighted by Gasteiger charge is 2.09. The number of carbonyl (C=O) groups excluding carboxylic acids is 1. The Morgan fingerprint density at radius 3 is 2.78 bits per heavy atom. The number of para-hydroxylation sites is 1. The molecule has 7 nitrogen and oxygen atoms in total. The first kappa shape index (κ1) is 18.0. The highest BCUT2D eigenvalue weighted by molar-refractivity contribution is 5.77. The predicted molar refractivity (Wildman–Crippen MR) is 98.6 cm³/mol. The summed E-state index contributed by atoms with van der Waals surface area (Å²) in [6, 6.07) is 16.5. The molecule has 0 bridgehead atoms. The van der Waals surface area contributed by atoms with Gasteiger partial charge in [0, 0.05) is 24.4 Å². The highest BCUT2D eigenvalue weighted by atomic mass is 16.5. The summed E-state index contributed by atoms with van der Waals surface area (Å²) in [4.78, 5) is 12.0. The number of methoxy groups -OCH3 is 1. The molecule has 136 valence electrons. The lowest BCUT2D eigenvalue weighted by molar-refractivity contribution is -0.123. The van der Waals surface area contributed by atoms with E-state index in [4.69, 9.17) is 14.7 Å². The van der Waals surface area contributed by atoms with Crippen LogP contribution in [0.3, 0.4) is 0 Å². The Morgan fingerprint density at radius 1 is 1.22 bits per heavy atom. The zero-order chi connectivity index (χ0) is 19.1. The number of nitrogens with one attached hydrogen (secondary N) is 1. The van der Waals surface area contributed by atoms with Crippen molar-refractivity contribution in [1.82, 2.24) is 15.1 Å². The molecule has 7 heteroatoms. The molecule has 0 aliphatic rings. The number of carbonyl (C=O) groups is 1. The number of rotatable bonds is 7. The summed E-state index contributed by atoms with van der Waals surface area (Å²) >= 11 is 0. The van der Waals surface area contributed by atoms with Crippen molar-refractivity contribution in [3.8, 4) is 23.3 Å². The van der Waals surface area contributed by atoms with E-state index in [0.29, 0.717) is 23.6 Å². The Hall–Kier alpha value is -3.79. The summed E-state index contributed by atoms with van der Waals surface area (Å²) in [6.07, 6.45) is 3.57. The maximum absolute atomic E-state index is 12.0. The van der Waals surface area contributed by atoms with Crippen LogP contribution in [0, 0.1) is 11.3 Å². The number of hydrogen-bond acceptors (Lipinski definition) is 5. The first-order chi connectivity index (χ1) is 13.2. The fraction of sp³-hybridized carbons (Fsp3) is 0.150. The summed E-state index contributed by atoms with van der Waals surface area (Å²) in [5.41, 5.74) is 2.29. The minimum Gasteiger partial charge on any atom is -0.493 e. The lowest BCUT2D eigenvalue weighted by Gasteiger charge is -2.10. The Kier molecular flexibility index (Phi) is 5.70. The second kappa shape index (κ2) is 8.54. The van der Waals surface area contributed by atoms with Crippen molar-refractivity contribution < 1.29 is 14.3 Å². The van der Waals surface area contributed by atoms with Crippen molar-refractivity contribution in [2.75, 3.05) is 13.7 Å². The van der Waals surface area contributed by atoms with E-state index < -0.39 is 0 Å². The Balaban J connectivity index is 1.52. The summed E-state index contributed by atoms with van der Waals surface area (Å²) in [7, 11) is 1.48. The van der Waals surface area contributed by atoms with Gasteiger partial charge in [0.25, 0.3) is 5.91 Å². The quantitative estimate of drug-likeness (QED) is 0.697. The maximum Gasteiger partial charge on any atom is 0.258 e. The van der Waals surface area contributed by atoms with Crippen LogP contribution in [0.5, 0.6) is 11.5 Å². The Bertz CT molecular complexity index is 961. The van der Waals surface area contributed by atoms with E-state index >= 15 is 0 Å². The zero-order valence-electron chi connectivity index (χ0n) is 14.8. The highest BCUT2D eigenvalue weighted by Crippen LogP contribution is 2.27. The molecule has 0 unspecified atom stereocenters. The van der Waals surface area contributed by atoms with E-state index in [0.717, 1.165) is 11.3 Å². The third-order valence-electron chi connectivity index (χ3n) is 3.80. The number of aromatic nitrogens is 2. The van der Waals surface area contributed by atoms with Crippen molar-refractivity contribution in [3.63, 3.8) is 0 Å². The van der Waals surface area contributed by atoms with Crippen LogP contribution < -0.4 is 14.8 Å². The van der Waals surface area contributed by atoms with Crippen LogP contribution in [-0.2, 0) is 11.3 Å². The number of amides is 1. The molecule has 0 radical (unpaired) electrons. The summed E-state index contributed by atoms with van der Waals surface area (Å²) in [6.45, 7) is 0.189. The normalized spacial score (nSPS) is 10.1. The second-order valence-corrected chi connectivity index (χ2v) is 5.67. The van der Waals surface area contributed by atoms with E-state index in [-0.39, 0.29) is 12.5 Å². The van der Waals surface area contributed by atoms with Crippen LogP contribution in [-0.4, -0.2) is 29.4 Å². The predicted octanol–water partition coefficient (Wildman–Crippen LogP) is 2.45. The topological polar surface area (TPSA) is 89.2 Å². The van der Waals surface area contributed by atoms with E-state index in [1.54, 1.807) is 29.1 Å². The van der Waals surface area contributed by atoms with Gasteiger partial charge in [-0.15, -0.1) is 0 Å². The molecule has 0 saturated heterocycles. The van der Waals surface area contributed by atoms with Gasteiger partial charge in [-0.05, 0) is 24.3 Å². The number of hydrogen-bond donors (Lipinski definition) is 1. The van der Waals surface area contributed by atoms with Crippen LogP contribution >= 0.6 is 0 Å². The summed E-state index contributed by atoms with van der Waals surface area (Å²) in [5.74, 6) is 0.545. The molecule has 3 rings (SSSR count). The van der Waals surface area contributed by atoms with Crippen LogP contribution in [0.25, 0.3) is 5.69 Å².